The molecular weight excluding hydrogens is 236 g/mol. The van der Waals surface area contributed by atoms with Gasteiger partial charge in [-0.3, -0.25) is 4.79 Å². The average molecular weight is 260 g/mol. The molecule has 106 valence electrons. The van der Waals surface area contributed by atoms with Crippen LogP contribution in [0, 0.1) is 5.92 Å². The fourth-order valence-corrected chi connectivity index (χ4v) is 1.10. The molecule has 0 spiro atoms. The maximum absolute atomic E-state index is 9.87. The Morgan fingerprint density at radius 1 is 1.11 bits per heavy atom. The smallest absolute Gasteiger partial charge is 0.331 e. The summed E-state index contributed by atoms with van der Waals surface area (Å²) in [4.78, 5) is 19.7. The molecule has 0 aliphatic rings. The van der Waals surface area contributed by atoms with Crippen LogP contribution >= 0.6 is 0 Å². The summed E-state index contributed by atoms with van der Waals surface area (Å²) in [7, 11) is 0. The van der Waals surface area contributed by atoms with Crippen LogP contribution in [0.2, 0.25) is 0 Å². The van der Waals surface area contributed by atoms with E-state index < -0.39 is 18.4 Å². The van der Waals surface area contributed by atoms with Crippen LogP contribution in [-0.4, -0.2) is 33.9 Å². The second-order valence-corrected chi connectivity index (χ2v) is 4.45. The predicted octanol–water partition coefficient (Wildman–Crippen LogP) is 2.30. The Morgan fingerprint density at radius 3 is 1.94 bits per heavy atom. The summed E-state index contributed by atoms with van der Waals surface area (Å²) in [5.74, 6) is -1.62. The molecule has 0 heterocycles. The quantitative estimate of drug-likeness (QED) is 0.460. The average Bonchev–Trinajstić information content (AvgIpc) is 2.24. The SMILES string of the molecule is C=C(CC(=O)O)C(=O)O.CC(C)CCCCCO. The van der Waals surface area contributed by atoms with E-state index in [-0.39, 0.29) is 5.57 Å². The first-order valence-electron chi connectivity index (χ1n) is 6.05. The maximum Gasteiger partial charge on any atom is 0.331 e. The number of rotatable bonds is 8. The number of unbranched alkanes of at least 4 members (excludes halogenated alkanes) is 2. The normalized spacial score (nSPS) is 9.56. The molecule has 0 saturated heterocycles. The first kappa shape index (κ1) is 19.0. The lowest BCUT2D eigenvalue weighted by atomic mass is 10.1. The van der Waals surface area contributed by atoms with Gasteiger partial charge in [0, 0.05) is 12.2 Å². The molecule has 0 radical (unpaired) electrons. The third-order valence-electron chi connectivity index (χ3n) is 2.11. The lowest BCUT2D eigenvalue weighted by molar-refractivity contribution is -0.139. The summed E-state index contributed by atoms with van der Waals surface area (Å²) < 4.78 is 0. The van der Waals surface area contributed by atoms with Gasteiger partial charge in [-0.05, 0) is 12.3 Å². The lowest BCUT2D eigenvalue weighted by Gasteiger charge is -2.01. The van der Waals surface area contributed by atoms with Crippen molar-refractivity contribution in [1.82, 2.24) is 0 Å². The van der Waals surface area contributed by atoms with Gasteiger partial charge in [0.2, 0.25) is 0 Å². The topological polar surface area (TPSA) is 94.8 Å². The van der Waals surface area contributed by atoms with Crippen molar-refractivity contribution in [2.24, 2.45) is 5.92 Å². The van der Waals surface area contributed by atoms with E-state index in [0.29, 0.717) is 6.61 Å². The zero-order valence-electron chi connectivity index (χ0n) is 11.2. The van der Waals surface area contributed by atoms with E-state index in [0.717, 1.165) is 12.3 Å². The monoisotopic (exact) mass is 260 g/mol. The number of hydrogen-bond acceptors (Lipinski definition) is 3. The van der Waals surface area contributed by atoms with E-state index in [1.54, 1.807) is 0 Å². The molecule has 0 rings (SSSR count). The van der Waals surface area contributed by atoms with E-state index in [1.165, 1.54) is 19.3 Å². The molecule has 0 amide bonds. The van der Waals surface area contributed by atoms with Crippen LogP contribution in [0.5, 0.6) is 0 Å². The Kier molecular flexibility index (Phi) is 12.8. The molecule has 0 aromatic rings. The minimum Gasteiger partial charge on any atom is -0.481 e. The molecule has 0 aromatic carbocycles. The highest BCUT2D eigenvalue weighted by Crippen LogP contribution is 2.06. The Morgan fingerprint density at radius 2 is 1.67 bits per heavy atom. The minimum absolute atomic E-state index is 0.303. The molecule has 5 heteroatoms. The van der Waals surface area contributed by atoms with Gasteiger partial charge in [-0.25, -0.2) is 4.79 Å². The third kappa shape index (κ3) is 17.0. The highest BCUT2D eigenvalue weighted by Gasteiger charge is 2.07. The standard InChI is InChI=1S/C8H18O.C5H6O4/c1-8(2)6-4-3-5-7-9;1-3(5(8)9)2-4(6)7/h8-9H,3-7H2,1-2H3;1-2H2,(H,6,7)(H,8,9). The minimum atomic E-state index is -1.27. The lowest BCUT2D eigenvalue weighted by Crippen LogP contribution is -2.04. The molecule has 0 bridgehead atoms. The highest BCUT2D eigenvalue weighted by atomic mass is 16.4. The Balaban J connectivity index is 0. The van der Waals surface area contributed by atoms with Crippen LogP contribution < -0.4 is 0 Å². The molecule has 5 nitrogen and oxygen atoms in total. The first-order valence-corrected chi connectivity index (χ1v) is 6.05. The van der Waals surface area contributed by atoms with E-state index in [1.807, 2.05) is 0 Å². The van der Waals surface area contributed by atoms with Crippen molar-refractivity contribution in [2.45, 2.75) is 46.0 Å². The van der Waals surface area contributed by atoms with E-state index >= 15 is 0 Å². The van der Waals surface area contributed by atoms with Gasteiger partial charge in [0.25, 0.3) is 0 Å². The molecule has 0 aliphatic carbocycles. The van der Waals surface area contributed by atoms with Crippen LogP contribution in [0.4, 0.5) is 0 Å². The van der Waals surface area contributed by atoms with Crippen molar-refractivity contribution < 1.29 is 24.9 Å². The molecule has 0 unspecified atom stereocenters. The Hall–Kier alpha value is -1.36. The summed E-state index contributed by atoms with van der Waals surface area (Å²) in [6.45, 7) is 7.84. The zero-order chi connectivity index (χ0) is 14.6. The van der Waals surface area contributed by atoms with Gasteiger partial charge in [0.1, 0.15) is 0 Å². The molecular formula is C13H24O5. The van der Waals surface area contributed by atoms with E-state index in [2.05, 4.69) is 20.4 Å². The van der Waals surface area contributed by atoms with Crippen molar-refractivity contribution in [3.8, 4) is 0 Å². The molecule has 0 atom stereocenters. The third-order valence-corrected chi connectivity index (χ3v) is 2.11. The predicted molar refractivity (Wildman–Crippen MR) is 69.4 cm³/mol. The maximum atomic E-state index is 9.87. The van der Waals surface area contributed by atoms with Crippen LogP contribution in [-0.2, 0) is 9.59 Å². The second-order valence-electron chi connectivity index (χ2n) is 4.45. The van der Waals surface area contributed by atoms with Gasteiger partial charge < -0.3 is 15.3 Å². The number of carboxylic acids is 2. The summed E-state index contributed by atoms with van der Waals surface area (Å²) in [6.07, 6.45) is 4.24. The molecule has 0 aromatic heterocycles. The first-order chi connectivity index (χ1) is 8.31. The summed E-state index contributed by atoms with van der Waals surface area (Å²) >= 11 is 0. The van der Waals surface area contributed by atoms with Crippen molar-refractivity contribution >= 4 is 11.9 Å². The number of aliphatic carboxylic acids is 2. The fourth-order valence-electron chi connectivity index (χ4n) is 1.10. The number of aliphatic hydroxyl groups excluding tert-OH is 1. The number of carbonyl (C=O) groups is 2. The molecule has 0 aliphatic heterocycles. The molecule has 0 fully saturated rings. The van der Waals surface area contributed by atoms with Crippen LogP contribution in [0.25, 0.3) is 0 Å². The van der Waals surface area contributed by atoms with Crippen LogP contribution in [0.15, 0.2) is 12.2 Å². The van der Waals surface area contributed by atoms with Gasteiger partial charge in [0.05, 0.1) is 6.42 Å². The van der Waals surface area contributed by atoms with Crippen LogP contribution in [0.3, 0.4) is 0 Å². The van der Waals surface area contributed by atoms with Crippen LogP contribution in [0.1, 0.15) is 46.0 Å². The second kappa shape index (κ2) is 12.1. The summed E-state index contributed by atoms with van der Waals surface area (Å²) in [5, 5.41) is 24.5. The Bertz CT molecular complexity index is 258. The van der Waals surface area contributed by atoms with Gasteiger partial charge in [-0.2, -0.15) is 0 Å². The summed E-state index contributed by atoms with van der Waals surface area (Å²) in [5.41, 5.74) is -0.303. The highest BCUT2D eigenvalue weighted by molar-refractivity contribution is 5.91. The largest absolute Gasteiger partial charge is 0.481 e. The van der Waals surface area contributed by atoms with Gasteiger partial charge in [0.15, 0.2) is 0 Å². The molecule has 3 N–H and O–H groups in total. The summed E-state index contributed by atoms with van der Waals surface area (Å²) in [6, 6.07) is 0. The van der Waals surface area contributed by atoms with E-state index in [4.69, 9.17) is 15.3 Å². The van der Waals surface area contributed by atoms with Gasteiger partial charge >= 0.3 is 11.9 Å². The van der Waals surface area contributed by atoms with E-state index in [9.17, 15) is 9.59 Å². The molecule has 0 saturated carbocycles. The van der Waals surface area contributed by atoms with Crippen molar-refractivity contribution in [1.29, 1.82) is 0 Å². The van der Waals surface area contributed by atoms with Crippen molar-refractivity contribution in [3.63, 3.8) is 0 Å². The van der Waals surface area contributed by atoms with Crippen molar-refractivity contribution in [3.05, 3.63) is 12.2 Å². The Labute approximate surface area is 108 Å². The van der Waals surface area contributed by atoms with Crippen molar-refractivity contribution in [2.75, 3.05) is 6.61 Å². The number of aliphatic hydroxyl groups is 1. The van der Waals surface area contributed by atoms with Gasteiger partial charge in [-0.1, -0.05) is 39.7 Å². The number of carboxylic acid groups (broad SMARTS) is 2. The van der Waals surface area contributed by atoms with Gasteiger partial charge in [-0.15, -0.1) is 0 Å². The zero-order valence-corrected chi connectivity index (χ0v) is 11.2. The molecule has 18 heavy (non-hydrogen) atoms. The number of hydrogen-bond donors (Lipinski definition) is 3. The fraction of sp³-hybridized carbons (Fsp3) is 0.692.